The average Bonchev–Trinajstić information content (AvgIpc) is 2.84. The Morgan fingerprint density at radius 1 is 0.656 bits per heavy atom. The van der Waals surface area contributed by atoms with Gasteiger partial charge < -0.3 is 4.90 Å². The van der Waals surface area contributed by atoms with Crippen molar-refractivity contribution in [3.8, 4) is 11.4 Å². The number of hydrogen-bond acceptors (Lipinski definition) is 3. The van der Waals surface area contributed by atoms with Crippen LogP contribution in [0.5, 0.6) is 0 Å². The van der Waals surface area contributed by atoms with Crippen molar-refractivity contribution >= 4 is 46.4 Å². The van der Waals surface area contributed by atoms with Gasteiger partial charge in [0.25, 0.3) is 0 Å². The van der Waals surface area contributed by atoms with Crippen LogP contribution < -0.4 is 15.3 Å². The second-order valence-corrected chi connectivity index (χ2v) is 13.1. The first-order valence-electron chi connectivity index (χ1n) is 10.9. The maximum Gasteiger partial charge on any atom is 0.159 e. The molecule has 0 spiro atoms. The molecule has 4 aromatic carbocycles. The van der Waals surface area contributed by atoms with Crippen molar-refractivity contribution in [2.45, 2.75) is 13.1 Å². The molecule has 5 aromatic rings. The maximum atomic E-state index is 4.76. The smallest absolute Gasteiger partial charge is 0.159 e. The average molecular weight is 430 g/mol. The summed E-state index contributed by atoms with van der Waals surface area (Å²) in [7, 11) is -1.76. The molecular weight excluding hydrogens is 406 g/mol. The molecule has 0 aliphatic carbocycles. The van der Waals surface area contributed by atoms with Crippen LogP contribution in [-0.4, -0.2) is 18.0 Å². The van der Waals surface area contributed by atoms with Gasteiger partial charge in [0.2, 0.25) is 0 Å². The van der Waals surface area contributed by atoms with E-state index in [1.807, 2.05) is 30.5 Å². The van der Waals surface area contributed by atoms with Crippen LogP contribution in [0.25, 0.3) is 22.3 Å². The van der Waals surface area contributed by atoms with E-state index in [4.69, 9.17) is 4.98 Å². The molecule has 2 heterocycles. The molecule has 0 amide bonds. The summed E-state index contributed by atoms with van der Waals surface area (Å²) in [6, 6.07) is 34.4. The molecule has 0 saturated heterocycles. The minimum absolute atomic E-state index is 0.753. The number of nitrogens with zero attached hydrogens (tertiary/aromatic N) is 3. The van der Waals surface area contributed by atoms with Gasteiger partial charge in [0.1, 0.15) is 8.07 Å². The van der Waals surface area contributed by atoms with E-state index in [-0.39, 0.29) is 0 Å². The molecule has 154 valence electrons. The normalized spacial score (nSPS) is 14.1. The number of benzene rings is 4. The standard InChI is InChI=1S/C28H23N3Si/c1-32(2)26-13-7-5-11-24(26)31(25-12-6-8-14-27(25)32)22-17-15-20(16-18-22)28-29-19-21-9-3-4-10-23(21)30-28/h3-19H,1-2H3. The monoisotopic (exact) mass is 429 g/mol. The van der Waals surface area contributed by atoms with E-state index in [2.05, 4.69) is 95.8 Å². The van der Waals surface area contributed by atoms with Gasteiger partial charge in [-0.05, 0) is 52.8 Å². The predicted octanol–water partition coefficient (Wildman–Crippen LogP) is 5.90. The Labute approximate surface area is 189 Å². The fraction of sp³-hybridized carbons (Fsp3) is 0.0714. The number of rotatable bonds is 2. The Balaban J connectivity index is 1.46. The Hall–Kier alpha value is -3.76. The predicted molar refractivity (Wildman–Crippen MR) is 136 cm³/mol. The topological polar surface area (TPSA) is 29.0 Å². The van der Waals surface area contributed by atoms with Crippen LogP contribution in [0.3, 0.4) is 0 Å². The van der Waals surface area contributed by atoms with Crippen LogP contribution in [-0.2, 0) is 0 Å². The number of aromatic nitrogens is 2. The number of hydrogen-bond donors (Lipinski definition) is 0. The van der Waals surface area contributed by atoms with E-state index < -0.39 is 8.07 Å². The van der Waals surface area contributed by atoms with Gasteiger partial charge in [-0.25, -0.2) is 9.97 Å². The fourth-order valence-electron chi connectivity index (χ4n) is 4.82. The van der Waals surface area contributed by atoms with E-state index in [1.165, 1.54) is 21.7 Å². The van der Waals surface area contributed by atoms with Crippen LogP contribution in [0.1, 0.15) is 0 Å². The van der Waals surface area contributed by atoms with Gasteiger partial charge in [0.05, 0.1) is 5.52 Å². The van der Waals surface area contributed by atoms with Crippen LogP contribution in [0.15, 0.2) is 103 Å². The van der Waals surface area contributed by atoms with Crippen molar-refractivity contribution < 1.29 is 0 Å². The van der Waals surface area contributed by atoms with Crippen molar-refractivity contribution in [3.05, 3.63) is 103 Å². The van der Waals surface area contributed by atoms with E-state index in [1.54, 1.807) is 0 Å². The van der Waals surface area contributed by atoms with Crippen LogP contribution >= 0.6 is 0 Å². The zero-order valence-electron chi connectivity index (χ0n) is 18.2. The lowest BCUT2D eigenvalue weighted by Crippen LogP contribution is -2.58. The molecule has 1 aliphatic heterocycles. The molecule has 1 aliphatic rings. The van der Waals surface area contributed by atoms with Gasteiger partial charge >= 0.3 is 0 Å². The highest BCUT2D eigenvalue weighted by Gasteiger charge is 2.38. The molecule has 0 atom stereocenters. The third-order valence-electron chi connectivity index (χ3n) is 6.51. The van der Waals surface area contributed by atoms with Crippen molar-refractivity contribution in [2.24, 2.45) is 0 Å². The molecular formula is C28H23N3Si. The molecule has 32 heavy (non-hydrogen) atoms. The first-order chi connectivity index (χ1) is 15.6. The lowest BCUT2D eigenvalue weighted by molar-refractivity contribution is 1.22. The number of para-hydroxylation sites is 3. The van der Waals surface area contributed by atoms with Crippen LogP contribution in [0, 0.1) is 0 Å². The summed E-state index contributed by atoms with van der Waals surface area (Å²) in [5.41, 5.74) is 5.72. The van der Waals surface area contributed by atoms with Gasteiger partial charge in [-0.2, -0.15) is 0 Å². The van der Waals surface area contributed by atoms with Gasteiger partial charge in [-0.3, -0.25) is 0 Å². The Bertz CT molecular complexity index is 1410. The van der Waals surface area contributed by atoms with E-state index in [9.17, 15) is 0 Å². The summed E-state index contributed by atoms with van der Waals surface area (Å²) in [5.74, 6) is 0.753. The van der Waals surface area contributed by atoms with Crippen molar-refractivity contribution in [2.75, 3.05) is 4.90 Å². The lowest BCUT2D eigenvalue weighted by Gasteiger charge is -2.41. The van der Waals surface area contributed by atoms with Gasteiger partial charge in [0.15, 0.2) is 5.82 Å². The highest BCUT2D eigenvalue weighted by molar-refractivity contribution is 7.02. The lowest BCUT2D eigenvalue weighted by atomic mass is 10.1. The van der Waals surface area contributed by atoms with Gasteiger partial charge in [-0.1, -0.05) is 67.7 Å². The zero-order valence-corrected chi connectivity index (χ0v) is 19.2. The second kappa shape index (κ2) is 7.14. The van der Waals surface area contributed by atoms with Crippen LogP contribution in [0.2, 0.25) is 13.1 Å². The highest BCUT2D eigenvalue weighted by Crippen LogP contribution is 2.38. The third kappa shape index (κ3) is 2.88. The highest BCUT2D eigenvalue weighted by atomic mass is 28.3. The van der Waals surface area contributed by atoms with Gasteiger partial charge in [0, 0.05) is 34.2 Å². The van der Waals surface area contributed by atoms with Crippen molar-refractivity contribution in [3.63, 3.8) is 0 Å². The molecule has 0 radical (unpaired) electrons. The summed E-state index contributed by atoms with van der Waals surface area (Å²) in [6.07, 6.45) is 1.90. The molecule has 6 rings (SSSR count). The second-order valence-electron chi connectivity index (χ2n) is 8.79. The Morgan fingerprint density at radius 2 is 1.25 bits per heavy atom. The third-order valence-corrected chi connectivity index (χ3v) is 10.0. The van der Waals surface area contributed by atoms with E-state index >= 15 is 0 Å². The quantitative estimate of drug-likeness (QED) is 0.327. The largest absolute Gasteiger partial charge is 0.311 e. The van der Waals surface area contributed by atoms with Crippen LogP contribution in [0.4, 0.5) is 17.1 Å². The Morgan fingerprint density at radius 3 is 1.94 bits per heavy atom. The molecule has 1 aromatic heterocycles. The summed E-state index contributed by atoms with van der Waals surface area (Å²) < 4.78 is 0. The molecule has 0 bridgehead atoms. The van der Waals surface area contributed by atoms with Gasteiger partial charge in [-0.15, -0.1) is 0 Å². The molecule has 0 fully saturated rings. The zero-order chi connectivity index (χ0) is 21.7. The molecule has 0 saturated carbocycles. The first kappa shape index (κ1) is 19.0. The van der Waals surface area contributed by atoms with E-state index in [0.29, 0.717) is 0 Å². The summed E-state index contributed by atoms with van der Waals surface area (Å²) in [4.78, 5) is 11.7. The van der Waals surface area contributed by atoms with E-state index in [0.717, 1.165) is 28.0 Å². The first-order valence-corrected chi connectivity index (χ1v) is 13.9. The minimum Gasteiger partial charge on any atom is -0.311 e. The maximum absolute atomic E-state index is 4.76. The van der Waals surface area contributed by atoms with Crippen molar-refractivity contribution in [1.29, 1.82) is 0 Å². The number of anilines is 3. The SMILES string of the molecule is C[Si]1(C)c2ccccc2N(c2ccc(-c3ncc4ccccc4n3)cc2)c2ccccc21. The molecule has 0 unspecified atom stereocenters. The molecule has 4 heteroatoms. The van der Waals surface area contributed by atoms with Crippen molar-refractivity contribution in [1.82, 2.24) is 9.97 Å². The minimum atomic E-state index is -1.76. The molecule has 3 nitrogen and oxygen atoms in total. The summed E-state index contributed by atoms with van der Waals surface area (Å²) in [5, 5.41) is 4.00. The summed E-state index contributed by atoms with van der Waals surface area (Å²) >= 11 is 0. The Kier molecular flexibility index (Phi) is 4.23. The summed E-state index contributed by atoms with van der Waals surface area (Å²) in [6.45, 7) is 4.89. The fourth-order valence-corrected chi connectivity index (χ4v) is 7.81. The molecule has 0 N–H and O–H groups in total. The number of fused-ring (bicyclic) bond motifs is 3.